The Balaban J connectivity index is 1.67. The molecule has 0 atom stereocenters. The number of hydrogen-bond acceptors (Lipinski definition) is 4. The Bertz CT molecular complexity index is 615. The molecular formula is C14H16ClN5O. The van der Waals surface area contributed by atoms with Gasteiger partial charge in [0.05, 0.1) is 5.02 Å². The minimum absolute atomic E-state index is 0.0112. The molecule has 0 unspecified atom stereocenters. The first kappa shape index (κ1) is 13.9. The second-order valence-electron chi connectivity index (χ2n) is 4.95. The summed E-state index contributed by atoms with van der Waals surface area (Å²) in [7, 11) is 0. The van der Waals surface area contributed by atoms with Crippen LogP contribution in [0.15, 0.2) is 30.6 Å². The first-order chi connectivity index (χ1) is 10.2. The molecule has 1 aliphatic heterocycles. The zero-order valence-corrected chi connectivity index (χ0v) is 12.3. The predicted molar refractivity (Wildman–Crippen MR) is 80.6 cm³/mol. The zero-order valence-electron chi connectivity index (χ0n) is 11.5. The first-order valence-electron chi connectivity index (χ1n) is 6.90. The molecule has 0 bridgehead atoms. The normalized spacial score (nSPS) is 15.9. The molecule has 1 aliphatic rings. The summed E-state index contributed by atoms with van der Waals surface area (Å²) in [6.45, 7) is 3.01. The molecule has 7 heteroatoms. The van der Waals surface area contributed by atoms with E-state index < -0.39 is 0 Å². The van der Waals surface area contributed by atoms with Crippen molar-refractivity contribution in [2.24, 2.45) is 0 Å². The molecule has 1 saturated heterocycles. The van der Waals surface area contributed by atoms with Crippen LogP contribution >= 0.6 is 11.6 Å². The lowest BCUT2D eigenvalue weighted by Crippen LogP contribution is -2.35. The Kier molecular flexibility index (Phi) is 4.06. The highest BCUT2D eigenvalue weighted by molar-refractivity contribution is 6.30. The maximum absolute atomic E-state index is 12.4. The highest BCUT2D eigenvalue weighted by Crippen LogP contribution is 2.15. The fourth-order valence-electron chi connectivity index (χ4n) is 2.47. The predicted octanol–water partition coefficient (Wildman–Crippen LogP) is 1.81. The van der Waals surface area contributed by atoms with Crippen LogP contribution in [0.5, 0.6) is 0 Å². The van der Waals surface area contributed by atoms with Crippen molar-refractivity contribution in [2.45, 2.75) is 6.42 Å². The molecule has 1 N–H and O–H groups in total. The smallest absolute Gasteiger partial charge is 0.270 e. The average molecular weight is 306 g/mol. The molecule has 0 spiro atoms. The van der Waals surface area contributed by atoms with Gasteiger partial charge in [-0.3, -0.25) is 4.79 Å². The van der Waals surface area contributed by atoms with Gasteiger partial charge in [-0.15, -0.1) is 5.10 Å². The summed E-state index contributed by atoms with van der Waals surface area (Å²) in [4.78, 5) is 19.3. The summed E-state index contributed by atoms with van der Waals surface area (Å²) in [6.07, 6.45) is 4.18. The SMILES string of the molecule is O=C(c1cc(Cl)c[nH]1)N1CCCN(c2cccnn2)CC1. The number of nitrogens with one attached hydrogen (secondary N) is 1. The molecule has 1 fully saturated rings. The number of rotatable bonds is 2. The van der Waals surface area contributed by atoms with Crippen LogP contribution in [0.1, 0.15) is 16.9 Å². The van der Waals surface area contributed by atoms with E-state index >= 15 is 0 Å². The van der Waals surface area contributed by atoms with E-state index in [0.717, 1.165) is 31.9 Å². The number of H-pyrrole nitrogens is 1. The van der Waals surface area contributed by atoms with Crippen LogP contribution in [0.3, 0.4) is 0 Å². The molecule has 2 aromatic heterocycles. The van der Waals surface area contributed by atoms with Crippen molar-refractivity contribution in [2.75, 3.05) is 31.1 Å². The monoisotopic (exact) mass is 305 g/mol. The standard InChI is InChI=1S/C14H16ClN5O/c15-11-9-12(16-10-11)14(21)20-6-2-5-19(7-8-20)13-3-1-4-17-18-13/h1,3-4,9-10,16H,2,5-8H2. The fourth-order valence-corrected chi connectivity index (χ4v) is 2.64. The Morgan fingerprint density at radius 2 is 2.19 bits per heavy atom. The molecule has 3 heterocycles. The molecule has 0 aromatic carbocycles. The molecule has 3 rings (SSSR count). The number of amides is 1. The van der Waals surface area contributed by atoms with Crippen LogP contribution in [0.4, 0.5) is 5.82 Å². The fraction of sp³-hybridized carbons (Fsp3) is 0.357. The molecule has 2 aromatic rings. The average Bonchev–Trinajstić information content (AvgIpc) is 2.81. The van der Waals surface area contributed by atoms with E-state index in [9.17, 15) is 4.79 Å². The van der Waals surface area contributed by atoms with Gasteiger partial charge in [0.1, 0.15) is 5.69 Å². The maximum Gasteiger partial charge on any atom is 0.270 e. The molecule has 0 aliphatic carbocycles. The van der Waals surface area contributed by atoms with Crippen LogP contribution in [-0.4, -0.2) is 52.2 Å². The Morgan fingerprint density at radius 3 is 2.90 bits per heavy atom. The van der Waals surface area contributed by atoms with Gasteiger partial charge in [0, 0.05) is 38.6 Å². The first-order valence-corrected chi connectivity index (χ1v) is 7.28. The van der Waals surface area contributed by atoms with Gasteiger partial charge in [0.25, 0.3) is 5.91 Å². The molecule has 0 radical (unpaired) electrons. The van der Waals surface area contributed by atoms with Crippen molar-refractivity contribution in [1.29, 1.82) is 0 Å². The third-order valence-electron chi connectivity index (χ3n) is 3.54. The molecule has 21 heavy (non-hydrogen) atoms. The van der Waals surface area contributed by atoms with Gasteiger partial charge >= 0.3 is 0 Å². The number of anilines is 1. The summed E-state index contributed by atoms with van der Waals surface area (Å²) < 4.78 is 0. The Hall–Kier alpha value is -2.08. The summed E-state index contributed by atoms with van der Waals surface area (Å²) in [6, 6.07) is 5.47. The van der Waals surface area contributed by atoms with Gasteiger partial charge in [-0.1, -0.05) is 11.6 Å². The summed E-state index contributed by atoms with van der Waals surface area (Å²) in [5.74, 6) is 0.845. The summed E-state index contributed by atoms with van der Waals surface area (Å²) in [5, 5.41) is 8.58. The number of carbonyl (C=O) groups excluding carboxylic acids is 1. The quantitative estimate of drug-likeness (QED) is 0.919. The van der Waals surface area contributed by atoms with Crippen molar-refractivity contribution < 1.29 is 4.79 Å². The van der Waals surface area contributed by atoms with Crippen LogP contribution in [-0.2, 0) is 0 Å². The lowest BCUT2D eigenvalue weighted by atomic mass is 10.3. The van der Waals surface area contributed by atoms with E-state index in [1.807, 2.05) is 17.0 Å². The largest absolute Gasteiger partial charge is 0.356 e. The van der Waals surface area contributed by atoms with Gasteiger partial charge < -0.3 is 14.8 Å². The van der Waals surface area contributed by atoms with Gasteiger partial charge in [0.15, 0.2) is 5.82 Å². The van der Waals surface area contributed by atoms with E-state index in [1.54, 1.807) is 18.5 Å². The number of halogens is 1. The minimum Gasteiger partial charge on any atom is -0.356 e. The number of nitrogens with zero attached hydrogens (tertiary/aromatic N) is 4. The van der Waals surface area contributed by atoms with Gasteiger partial charge in [-0.05, 0) is 24.6 Å². The molecule has 110 valence electrons. The van der Waals surface area contributed by atoms with Gasteiger partial charge in [-0.25, -0.2) is 0 Å². The number of aromatic amines is 1. The molecular weight excluding hydrogens is 290 g/mol. The number of aromatic nitrogens is 3. The lowest BCUT2D eigenvalue weighted by molar-refractivity contribution is 0.0762. The highest BCUT2D eigenvalue weighted by Gasteiger charge is 2.21. The Morgan fingerprint density at radius 1 is 1.29 bits per heavy atom. The highest BCUT2D eigenvalue weighted by atomic mass is 35.5. The van der Waals surface area contributed by atoms with E-state index in [2.05, 4.69) is 20.1 Å². The second kappa shape index (κ2) is 6.13. The van der Waals surface area contributed by atoms with Gasteiger partial charge in [-0.2, -0.15) is 5.10 Å². The summed E-state index contributed by atoms with van der Waals surface area (Å²) >= 11 is 5.85. The lowest BCUT2D eigenvalue weighted by Gasteiger charge is -2.22. The van der Waals surface area contributed by atoms with Crippen molar-refractivity contribution in [3.8, 4) is 0 Å². The van der Waals surface area contributed by atoms with E-state index in [4.69, 9.17) is 11.6 Å². The van der Waals surface area contributed by atoms with Crippen LogP contribution in [0.2, 0.25) is 5.02 Å². The van der Waals surface area contributed by atoms with Crippen molar-refractivity contribution in [3.63, 3.8) is 0 Å². The number of hydrogen-bond donors (Lipinski definition) is 1. The van der Waals surface area contributed by atoms with Gasteiger partial charge in [0.2, 0.25) is 0 Å². The van der Waals surface area contributed by atoms with Crippen molar-refractivity contribution >= 4 is 23.3 Å². The molecule has 1 amide bonds. The molecule has 6 nitrogen and oxygen atoms in total. The van der Waals surface area contributed by atoms with Crippen molar-refractivity contribution in [1.82, 2.24) is 20.1 Å². The third kappa shape index (κ3) is 3.16. The second-order valence-corrected chi connectivity index (χ2v) is 5.38. The zero-order chi connectivity index (χ0) is 14.7. The number of carbonyl (C=O) groups is 1. The maximum atomic E-state index is 12.4. The minimum atomic E-state index is -0.0112. The topological polar surface area (TPSA) is 65.1 Å². The summed E-state index contributed by atoms with van der Waals surface area (Å²) in [5.41, 5.74) is 0.535. The van der Waals surface area contributed by atoms with E-state index in [1.165, 1.54) is 0 Å². The van der Waals surface area contributed by atoms with E-state index in [0.29, 0.717) is 17.3 Å². The van der Waals surface area contributed by atoms with Crippen LogP contribution in [0, 0.1) is 0 Å². The van der Waals surface area contributed by atoms with Crippen molar-refractivity contribution in [3.05, 3.63) is 41.3 Å². The van der Waals surface area contributed by atoms with Crippen LogP contribution in [0.25, 0.3) is 0 Å². The third-order valence-corrected chi connectivity index (χ3v) is 3.76. The van der Waals surface area contributed by atoms with E-state index in [-0.39, 0.29) is 5.91 Å². The van der Waals surface area contributed by atoms with Crippen LogP contribution < -0.4 is 4.90 Å². The molecule has 0 saturated carbocycles. The Labute approximate surface area is 127 Å².